The Morgan fingerprint density at radius 3 is 2.22 bits per heavy atom. The molecule has 2 N–H and O–H groups in total. The van der Waals surface area contributed by atoms with Crippen molar-refractivity contribution in [1.82, 2.24) is 0 Å². The van der Waals surface area contributed by atoms with Gasteiger partial charge in [0.15, 0.2) is 0 Å². The molecule has 4 nitrogen and oxygen atoms in total. The first-order valence-corrected chi connectivity index (χ1v) is 7.84. The van der Waals surface area contributed by atoms with Gasteiger partial charge in [0.25, 0.3) is 0 Å². The molecular formula is C19H25N3O. The van der Waals surface area contributed by atoms with Gasteiger partial charge in [-0.3, -0.25) is 4.79 Å². The van der Waals surface area contributed by atoms with Gasteiger partial charge in [0.1, 0.15) is 0 Å². The number of carbonyl (C=O) groups excluding carboxylic acids is 1. The fraction of sp³-hybridized carbons (Fsp3) is 0.316. The monoisotopic (exact) mass is 311 g/mol. The van der Waals surface area contributed by atoms with Gasteiger partial charge in [-0.15, -0.1) is 0 Å². The van der Waals surface area contributed by atoms with Crippen LogP contribution in [0.1, 0.15) is 17.5 Å². The van der Waals surface area contributed by atoms with E-state index in [1.807, 2.05) is 49.3 Å². The summed E-state index contributed by atoms with van der Waals surface area (Å²) in [6, 6.07) is 14.1. The van der Waals surface area contributed by atoms with Crippen LogP contribution >= 0.6 is 0 Å². The highest BCUT2D eigenvalue weighted by molar-refractivity contribution is 5.91. The van der Waals surface area contributed by atoms with E-state index in [4.69, 9.17) is 0 Å². The molecule has 0 atom stereocenters. The smallest absolute Gasteiger partial charge is 0.226 e. The van der Waals surface area contributed by atoms with Gasteiger partial charge in [0, 0.05) is 44.1 Å². The van der Waals surface area contributed by atoms with Crippen LogP contribution in [0.25, 0.3) is 0 Å². The normalized spacial score (nSPS) is 10.3. The van der Waals surface area contributed by atoms with Crippen molar-refractivity contribution < 1.29 is 4.79 Å². The minimum atomic E-state index is 0.0129. The van der Waals surface area contributed by atoms with Crippen molar-refractivity contribution in [2.24, 2.45) is 0 Å². The van der Waals surface area contributed by atoms with Crippen LogP contribution in [-0.4, -0.2) is 26.5 Å². The highest BCUT2D eigenvalue weighted by Crippen LogP contribution is 2.16. The minimum Gasteiger partial charge on any atom is -0.385 e. The summed E-state index contributed by atoms with van der Waals surface area (Å²) in [5.41, 5.74) is 5.51. The minimum absolute atomic E-state index is 0.0129. The Balaban J connectivity index is 1.79. The van der Waals surface area contributed by atoms with E-state index in [0.29, 0.717) is 13.0 Å². The molecule has 0 aliphatic carbocycles. The maximum atomic E-state index is 12.0. The molecule has 0 saturated heterocycles. The molecule has 0 spiro atoms. The number of nitrogens with one attached hydrogen (secondary N) is 2. The molecule has 0 aromatic heterocycles. The van der Waals surface area contributed by atoms with Crippen molar-refractivity contribution in [1.29, 1.82) is 0 Å². The molecule has 0 aliphatic heterocycles. The molecule has 0 aliphatic rings. The number of nitrogens with zero attached hydrogens (tertiary/aromatic N) is 1. The molecule has 0 heterocycles. The van der Waals surface area contributed by atoms with Crippen molar-refractivity contribution >= 4 is 23.0 Å². The van der Waals surface area contributed by atoms with Crippen molar-refractivity contribution in [3.05, 3.63) is 53.6 Å². The Kier molecular flexibility index (Phi) is 5.63. The summed E-state index contributed by atoms with van der Waals surface area (Å²) in [5, 5.41) is 6.20. The van der Waals surface area contributed by atoms with Crippen LogP contribution in [0.4, 0.5) is 17.1 Å². The lowest BCUT2D eigenvalue weighted by molar-refractivity contribution is -0.115. The maximum Gasteiger partial charge on any atom is 0.226 e. The Morgan fingerprint density at radius 2 is 1.61 bits per heavy atom. The second-order valence-corrected chi connectivity index (χ2v) is 5.97. The Morgan fingerprint density at radius 1 is 0.957 bits per heavy atom. The van der Waals surface area contributed by atoms with E-state index in [1.165, 1.54) is 11.1 Å². The zero-order valence-corrected chi connectivity index (χ0v) is 14.3. The molecule has 2 aromatic rings. The molecule has 4 heteroatoms. The van der Waals surface area contributed by atoms with Crippen LogP contribution in [0.3, 0.4) is 0 Å². The van der Waals surface area contributed by atoms with E-state index in [2.05, 4.69) is 36.6 Å². The molecular weight excluding hydrogens is 286 g/mol. The lowest BCUT2D eigenvalue weighted by Crippen LogP contribution is -2.16. The summed E-state index contributed by atoms with van der Waals surface area (Å²) in [6.45, 7) is 4.79. The third-order valence-corrected chi connectivity index (χ3v) is 3.86. The Hall–Kier alpha value is -2.49. The highest BCUT2D eigenvalue weighted by atomic mass is 16.1. The van der Waals surface area contributed by atoms with Gasteiger partial charge >= 0.3 is 0 Å². The zero-order chi connectivity index (χ0) is 16.8. The van der Waals surface area contributed by atoms with Crippen molar-refractivity contribution in [2.75, 3.05) is 36.2 Å². The Bertz CT molecular complexity index is 663. The number of benzene rings is 2. The molecule has 0 saturated carbocycles. The first-order chi connectivity index (χ1) is 11.0. The first kappa shape index (κ1) is 16.9. The molecule has 2 rings (SSSR count). The van der Waals surface area contributed by atoms with Crippen molar-refractivity contribution in [2.45, 2.75) is 20.3 Å². The molecule has 2 aromatic carbocycles. The standard InChI is InChI=1S/C19H25N3O/c1-14-5-6-17(13-15(14)2)20-12-11-19(23)21-16-7-9-18(10-8-16)22(3)4/h5-10,13,20H,11-12H2,1-4H3,(H,21,23). The van der Waals surface area contributed by atoms with E-state index in [9.17, 15) is 4.79 Å². The van der Waals surface area contributed by atoms with Gasteiger partial charge in [-0.25, -0.2) is 0 Å². The topological polar surface area (TPSA) is 44.4 Å². The van der Waals surface area contributed by atoms with E-state index in [1.54, 1.807) is 0 Å². The van der Waals surface area contributed by atoms with Crippen LogP contribution in [-0.2, 0) is 4.79 Å². The van der Waals surface area contributed by atoms with Gasteiger partial charge in [-0.2, -0.15) is 0 Å². The van der Waals surface area contributed by atoms with Gasteiger partial charge in [0.2, 0.25) is 5.91 Å². The van der Waals surface area contributed by atoms with Gasteiger partial charge in [-0.05, 0) is 61.4 Å². The van der Waals surface area contributed by atoms with Gasteiger partial charge < -0.3 is 15.5 Å². The molecule has 23 heavy (non-hydrogen) atoms. The van der Waals surface area contributed by atoms with E-state index in [-0.39, 0.29) is 5.91 Å². The summed E-state index contributed by atoms with van der Waals surface area (Å²) in [4.78, 5) is 14.0. The van der Waals surface area contributed by atoms with Crippen molar-refractivity contribution in [3.63, 3.8) is 0 Å². The summed E-state index contributed by atoms with van der Waals surface area (Å²) in [5.74, 6) is 0.0129. The SMILES string of the molecule is Cc1ccc(NCCC(=O)Nc2ccc(N(C)C)cc2)cc1C. The summed E-state index contributed by atoms with van der Waals surface area (Å²) < 4.78 is 0. The summed E-state index contributed by atoms with van der Waals surface area (Å²) >= 11 is 0. The van der Waals surface area contributed by atoms with E-state index >= 15 is 0 Å². The Labute approximate surface area is 138 Å². The lowest BCUT2D eigenvalue weighted by Gasteiger charge is -2.13. The highest BCUT2D eigenvalue weighted by Gasteiger charge is 2.03. The molecule has 122 valence electrons. The number of carbonyl (C=O) groups is 1. The second-order valence-electron chi connectivity index (χ2n) is 5.97. The molecule has 0 fully saturated rings. The third kappa shape index (κ3) is 5.02. The maximum absolute atomic E-state index is 12.0. The van der Waals surface area contributed by atoms with Crippen molar-refractivity contribution in [3.8, 4) is 0 Å². The molecule has 0 radical (unpaired) electrons. The predicted octanol–water partition coefficient (Wildman–Crippen LogP) is 3.81. The van der Waals surface area contributed by atoms with Crippen LogP contribution in [0, 0.1) is 13.8 Å². The number of rotatable bonds is 6. The predicted molar refractivity (Wildman–Crippen MR) is 98.4 cm³/mol. The summed E-state index contributed by atoms with van der Waals surface area (Å²) in [6.07, 6.45) is 0.433. The number of amides is 1. The lowest BCUT2D eigenvalue weighted by atomic mass is 10.1. The van der Waals surface area contributed by atoms with E-state index < -0.39 is 0 Å². The molecule has 0 unspecified atom stereocenters. The first-order valence-electron chi connectivity index (χ1n) is 7.84. The number of hydrogen-bond donors (Lipinski definition) is 2. The zero-order valence-electron chi connectivity index (χ0n) is 14.3. The molecule has 0 bridgehead atoms. The van der Waals surface area contributed by atoms with Crippen LogP contribution in [0.15, 0.2) is 42.5 Å². The van der Waals surface area contributed by atoms with Gasteiger partial charge in [0.05, 0.1) is 0 Å². The number of aryl methyl sites for hydroxylation is 2. The van der Waals surface area contributed by atoms with Crippen LogP contribution in [0.5, 0.6) is 0 Å². The number of anilines is 3. The summed E-state index contributed by atoms with van der Waals surface area (Å²) in [7, 11) is 3.98. The van der Waals surface area contributed by atoms with Crippen LogP contribution in [0.2, 0.25) is 0 Å². The largest absolute Gasteiger partial charge is 0.385 e. The number of hydrogen-bond acceptors (Lipinski definition) is 3. The fourth-order valence-corrected chi connectivity index (χ4v) is 2.24. The van der Waals surface area contributed by atoms with E-state index in [0.717, 1.165) is 17.1 Å². The second kappa shape index (κ2) is 7.68. The quantitative estimate of drug-likeness (QED) is 0.852. The average molecular weight is 311 g/mol. The third-order valence-electron chi connectivity index (χ3n) is 3.86. The average Bonchev–Trinajstić information content (AvgIpc) is 2.51. The van der Waals surface area contributed by atoms with Crippen LogP contribution < -0.4 is 15.5 Å². The molecule has 1 amide bonds. The fourth-order valence-electron chi connectivity index (χ4n) is 2.24. The van der Waals surface area contributed by atoms with Gasteiger partial charge in [-0.1, -0.05) is 6.07 Å².